The first kappa shape index (κ1) is 17.6. The fourth-order valence-electron chi connectivity index (χ4n) is 3.14. The zero-order valence-electron chi connectivity index (χ0n) is 14.7. The van der Waals surface area contributed by atoms with Gasteiger partial charge >= 0.3 is 0 Å². The highest BCUT2D eigenvalue weighted by Gasteiger charge is 2.24. The van der Waals surface area contributed by atoms with Crippen LogP contribution >= 0.6 is 11.8 Å². The van der Waals surface area contributed by atoms with Gasteiger partial charge in [0.1, 0.15) is 0 Å². The predicted molar refractivity (Wildman–Crippen MR) is 104 cm³/mol. The number of hydrogen-bond acceptors (Lipinski definition) is 6. The van der Waals surface area contributed by atoms with Gasteiger partial charge in [0.15, 0.2) is 5.82 Å². The molecule has 4 rings (SSSR count). The van der Waals surface area contributed by atoms with Crippen molar-refractivity contribution in [2.45, 2.75) is 30.3 Å². The van der Waals surface area contributed by atoms with Crippen molar-refractivity contribution < 1.29 is 4.79 Å². The lowest BCUT2D eigenvalue weighted by atomic mass is 9.92. The summed E-state index contributed by atoms with van der Waals surface area (Å²) in [6.07, 6.45) is 9.88. The molecule has 0 unspecified atom stereocenters. The molecule has 0 bridgehead atoms. The zero-order chi connectivity index (χ0) is 18.5. The molecule has 27 heavy (non-hydrogen) atoms. The van der Waals surface area contributed by atoms with Crippen molar-refractivity contribution in [1.82, 2.24) is 25.3 Å². The molecule has 1 atom stereocenters. The van der Waals surface area contributed by atoms with Crippen LogP contribution in [0.25, 0.3) is 11.4 Å². The van der Waals surface area contributed by atoms with Gasteiger partial charge in [-0.1, -0.05) is 17.8 Å². The minimum absolute atomic E-state index is 0.000149. The van der Waals surface area contributed by atoms with E-state index in [0.29, 0.717) is 11.6 Å². The highest BCUT2D eigenvalue weighted by atomic mass is 32.2. The Hall–Kier alpha value is -2.80. The van der Waals surface area contributed by atoms with Crippen LogP contribution in [0.1, 0.15) is 30.1 Å². The number of hydrogen-bond donors (Lipinski definition) is 1. The number of nitrogens with one attached hydrogen (secondary N) is 1. The number of pyridine rings is 2. The predicted octanol–water partition coefficient (Wildman–Crippen LogP) is 3.22. The van der Waals surface area contributed by atoms with Crippen molar-refractivity contribution in [3.05, 3.63) is 66.4 Å². The molecule has 1 amide bonds. The maximum Gasteiger partial charge on any atom is 0.230 e. The number of carbonyl (C=O) groups excluding carboxylic acids is 1. The summed E-state index contributed by atoms with van der Waals surface area (Å²) in [5.41, 5.74) is 2.93. The third-order valence-electron chi connectivity index (χ3n) is 4.43. The van der Waals surface area contributed by atoms with Crippen LogP contribution in [-0.4, -0.2) is 31.6 Å². The van der Waals surface area contributed by atoms with E-state index in [1.54, 1.807) is 18.6 Å². The summed E-state index contributed by atoms with van der Waals surface area (Å²) in [5.74, 6) is 1.02. The van der Waals surface area contributed by atoms with Crippen LogP contribution in [0.5, 0.6) is 0 Å². The second-order valence-electron chi connectivity index (χ2n) is 6.31. The molecule has 1 N–H and O–H groups in total. The van der Waals surface area contributed by atoms with Gasteiger partial charge in [0.2, 0.25) is 5.91 Å². The van der Waals surface area contributed by atoms with Crippen molar-refractivity contribution in [3.63, 3.8) is 0 Å². The molecule has 0 radical (unpaired) electrons. The van der Waals surface area contributed by atoms with E-state index in [1.807, 2.05) is 36.5 Å². The molecule has 0 aliphatic heterocycles. The lowest BCUT2D eigenvalue weighted by molar-refractivity contribution is -0.119. The molecule has 0 saturated heterocycles. The monoisotopic (exact) mass is 377 g/mol. The first-order valence-corrected chi connectivity index (χ1v) is 9.87. The van der Waals surface area contributed by atoms with E-state index < -0.39 is 0 Å². The Kier molecular flexibility index (Phi) is 5.39. The number of fused-ring (bicyclic) bond motifs is 1. The summed E-state index contributed by atoms with van der Waals surface area (Å²) >= 11 is 1.44. The van der Waals surface area contributed by atoms with Crippen molar-refractivity contribution >= 4 is 17.7 Å². The molecule has 3 aromatic heterocycles. The SMILES string of the molecule is O=C(CSc1ccccn1)N[C@H]1CCCc2nc(-c3cccnc3)ncc21. The molecule has 136 valence electrons. The first-order chi connectivity index (χ1) is 13.3. The number of carbonyl (C=O) groups is 1. The third kappa shape index (κ3) is 4.31. The molecular weight excluding hydrogens is 358 g/mol. The summed E-state index contributed by atoms with van der Waals surface area (Å²) in [5, 5.41) is 3.97. The lowest BCUT2D eigenvalue weighted by Gasteiger charge is -2.25. The largest absolute Gasteiger partial charge is 0.348 e. The van der Waals surface area contributed by atoms with Gasteiger partial charge in [-0.25, -0.2) is 15.0 Å². The van der Waals surface area contributed by atoms with Gasteiger partial charge in [-0.15, -0.1) is 0 Å². The first-order valence-electron chi connectivity index (χ1n) is 8.89. The second kappa shape index (κ2) is 8.26. The number of aryl methyl sites for hydroxylation is 1. The number of rotatable bonds is 5. The Balaban J connectivity index is 1.44. The van der Waals surface area contributed by atoms with E-state index >= 15 is 0 Å². The van der Waals surface area contributed by atoms with Crippen molar-refractivity contribution in [2.75, 3.05) is 5.75 Å². The average Bonchev–Trinajstić information content (AvgIpc) is 2.73. The molecule has 0 spiro atoms. The third-order valence-corrected chi connectivity index (χ3v) is 5.37. The number of amides is 1. The van der Waals surface area contributed by atoms with Gasteiger partial charge in [-0.3, -0.25) is 9.78 Å². The Morgan fingerprint density at radius 3 is 2.93 bits per heavy atom. The minimum Gasteiger partial charge on any atom is -0.348 e. The molecule has 7 heteroatoms. The molecule has 1 aliphatic carbocycles. The highest BCUT2D eigenvalue weighted by molar-refractivity contribution is 7.99. The van der Waals surface area contributed by atoms with Crippen molar-refractivity contribution in [1.29, 1.82) is 0 Å². The Morgan fingerprint density at radius 2 is 2.11 bits per heavy atom. The van der Waals surface area contributed by atoms with Gasteiger partial charge in [0, 0.05) is 41.6 Å². The van der Waals surface area contributed by atoms with E-state index in [2.05, 4.69) is 20.3 Å². The molecule has 0 fully saturated rings. The Bertz CT molecular complexity index is 920. The average molecular weight is 377 g/mol. The van der Waals surface area contributed by atoms with Crippen LogP contribution in [0.3, 0.4) is 0 Å². The number of thioether (sulfide) groups is 1. The summed E-state index contributed by atoms with van der Waals surface area (Å²) in [7, 11) is 0. The summed E-state index contributed by atoms with van der Waals surface area (Å²) < 4.78 is 0. The normalized spacial score (nSPS) is 15.8. The van der Waals surface area contributed by atoms with Gasteiger partial charge in [0.05, 0.1) is 16.8 Å². The maximum absolute atomic E-state index is 12.4. The highest BCUT2D eigenvalue weighted by Crippen LogP contribution is 2.29. The van der Waals surface area contributed by atoms with E-state index in [4.69, 9.17) is 4.98 Å². The summed E-state index contributed by atoms with van der Waals surface area (Å²) in [6, 6.07) is 9.48. The van der Waals surface area contributed by atoms with Crippen LogP contribution in [-0.2, 0) is 11.2 Å². The number of aromatic nitrogens is 4. The fraction of sp³-hybridized carbons (Fsp3) is 0.250. The van der Waals surface area contributed by atoms with E-state index in [-0.39, 0.29) is 11.9 Å². The van der Waals surface area contributed by atoms with Crippen molar-refractivity contribution in [3.8, 4) is 11.4 Å². The summed E-state index contributed by atoms with van der Waals surface area (Å²) in [6.45, 7) is 0. The lowest BCUT2D eigenvalue weighted by Crippen LogP contribution is -2.32. The fourth-order valence-corrected chi connectivity index (χ4v) is 3.81. The van der Waals surface area contributed by atoms with Gasteiger partial charge in [-0.05, 0) is 43.5 Å². The molecule has 3 aromatic rings. The van der Waals surface area contributed by atoms with E-state index in [9.17, 15) is 4.79 Å². The van der Waals surface area contributed by atoms with Gasteiger partial charge in [-0.2, -0.15) is 0 Å². The van der Waals surface area contributed by atoms with E-state index in [0.717, 1.165) is 41.1 Å². The Morgan fingerprint density at radius 1 is 1.15 bits per heavy atom. The minimum atomic E-state index is -0.0338. The smallest absolute Gasteiger partial charge is 0.230 e. The maximum atomic E-state index is 12.4. The Labute approximate surface area is 161 Å². The molecule has 0 saturated carbocycles. The van der Waals surface area contributed by atoms with Gasteiger partial charge in [0.25, 0.3) is 0 Å². The molecule has 6 nitrogen and oxygen atoms in total. The van der Waals surface area contributed by atoms with Crippen LogP contribution in [0, 0.1) is 0 Å². The quantitative estimate of drug-likeness (QED) is 0.688. The van der Waals surface area contributed by atoms with Crippen LogP contribution in [0.15, 0.2) is 60.1 Å². The topological polar surface area (TPSA) is 80.7 Å². The van der Waals surface area contributed by atoms with Gasteiger partial charge < -0.3 is 5.32 Å². The van der Waals surface area contributed by atoms with Crippen molar-refractivity contribution in [2.24, 2.45) is 0 Å². The number of nitrogens with zero attached hydrogens (tertiary/aromatic N) is 4. The van der Waals surface area contributed by atoms with E-state index in [1.165, 1.54) is 11.8 Å². The zero-order valence-corrected chi connectivity index (χ0v) is 15.5. The summed E-state index contributed by atoms with van der Waals surface area (Å²) in [4.78, 5) is 29.9. The second-order valence-corrected chi connectivity index (χ2v) is 7.30. The molecular formula is C20H19N5OS. The standard InChI is InChI=1S/C20H19N5OS/c26-18(13-27-19-8-1-2-10-22-19)24-16-6-3-7-17-15(16)12-23-20(25-17)14-5-4-9-21-11-14/h1-2,4-5,8-12,16H,3,6-7,13H2,(H,24,26)/t16-/m0/s1. The molecule has 3 heterocycles. The van der Waals surface area contributed by atoms with Crippen LogP contribution in [0.2, 0.25) is 0 Å². The van der Waals surface area contributed by atoms with Crippen LogP contribution < -0.4 is 5.32 Å². The van der Waals surface area contributed by atoms with Crippen LogP contribution in [0.4, 0.5) is 0 Å². The molecule has 1 aliphatic rings. The molecule has 0 aromatic carbocycles.